The van der Waals surface area contributed by atoms with Crippen molar-refractivity contribution >= 4 is 0 Å². The molecule has 0 saturated carbocycles. The largest absolute Gasteiger partial charge is 0.254 e. The Morgan fingerprint density at radius 3 is 2.53 bits per heavy atom. The van der Waals surface area contributed by atoms with Gasteiger partial charge in [-0.3, -0.25) is 9.97 Å². The highest BCUT2D eigenvalue weighted by molar-refractivity contribution is 5.65. The Labute approximate surface area is 102 Å². The predicted octanol–water partition coefficient (Wildman–Crippen LogP) is 3.37. The van der Waals surface area contributed by atoms with Gasteiger partial charge in [0.15, 0.2) is 0 Å². The summed E-state index contributed by atoms with van der Waals surface area (Å²) in [6.07, 6.45) is 4.02. The lowest BCUT2D eigenvalue weighted by atomic mass is 9.92. The Hall–Kier alpha value is -1.70. The van der Waals surface area contributed by atoms with Crippen molar-refractivity contribution in [3.05, 3.63) is 47.3 Å². The first-order chi connectivity index (χ1) is 8.25. The van der Waals surface area contributed by atoms with Gasteiger partial charge in [0.05, 0.1) is 11.4 Å². The molecule has 2 heteroatoms. The topological polar surface area (TPSA) is 25.8 Å². The van der Waals surface area contributed by atoms with E-state index in [9.17, 15) is 0 Å². The third-order valence-corrected chi connectivity index (χ3v) is 3.37. The third kappa shape index (κ3) is 1.74. The molecule has 2 aromatic rings. The molecule has 0 aromatic carbocycles. The van der Waals surface area contributed by atoms with Gasteiger partial charge in [0.1, 0.15) is 0 Å². The fourth-order valence-corrected chi connectivity index (χ4v) is 2.35. The van der Waals surface area contributed by atoms with Crippen LogP contribution in [-0.2, 0) is 12.8 Å². The van der Waals surface area contributed by atoms with Crippen molar-refractivity contribution in [3.63, 3.8) is 0 Å². The Bertz CT molecular complexity index is 559. The van der Waals surface area contributed by atoms with Crippen molar-refractivity contribution in [2.75, 3.05) is 0 Å². The van der Waals surface area contributed by atoms with Crippen LogP contribution in [0.2, 0.25) is 0 Å². The van der Waals surface area contributed by atoms with Crippen LogP contribution in [0.5, 0.6) is 0 Å². The number of hydrogen-bond acceptors (Lipinski definition) is 2. The lowest BCUT2D eigenvalue weighted by Gasteiger charge is -2.19. The van der Waals surface area contributed by atoms with Gasteiger partial charge in [0, 0.05) is 11.9 Å². The normalized spacial score (nSPS) is 13.4. The van der Waals surface area contributed by atoms with Crippen LogP contribution >= 0.6 is 0 Å². The summed E-state index contributed by atoms with van der Waals surface area (Å²) in [6.45, 7) is 4.35. The van der Waals surface area contributed by atoms with Gasteiger partial charge in [-0.25, -0.2) is 0 Å². The smallest absolute Gasteiger partial charge is 0.0924 e. The summed E-state index contributed by atoms with van der Waals surface area (Å²) in [5.74, 6) is 0.467. The molecule has 0 aliphatic heterocycles. The van der Waals surface area contributed by atoms with Gasteiger partial charge in [0.2, 0.25) is 0 Å². The summed E-state index contributed by atoms with van der Waals surface area (Å²) in [5, 5.41) is 0. The zero-order chi connectivity index (χ0) is 11.8. The number of nitrogens with zero attached hydrogens (tertiary/aromatic N) is 2. The third-order valence-electron chi connectivity index (χ3n) is 3.37. The van der Waals surface area contributed by atoms with Crippen molar-refractivity contribution in [3.8, 4) is 11.4 Å². The molecule has 0 bridgehead atoms. The Balaban J connectivity index is 2.19. The summed E-state index contributed by atoms with van der Waals surface area (Å²) >= 11 is 0. The Morgan fingerprint density at radius 2 is 1.76 bits per heavy atom. The van der Waals surface area contributed by atoms with Gasteiger partial charge in [-0.1, -0.05) is 26.0 Å². The second kappa shape index (κ2) is 3.95. The summed E-state index contributed by atoms with van der Waals surface area (Å²) in [5.41, 5.74) is 5.99. The summed E-state index contributed by atoms with van der Waals surface area (Å²) in [6, 6.07) is 8.54. The first-order valence-electron chi connectivity index (χ1n) is 6.20. The van der Waals surface area contributed by atoms with E-state index in [0.29, 0.717) is 5.92 Å². The number of rotatable bonds is 1. The van der Waals surface area contributed by atoms with Gasteiger partial charge in [0.25, 0.3) is 0 Å². The van der Waals surface area contributed by atoms with Gasteiger partial charge in [-0.15, -0.1) is 0 Å². The molecule has 0 saturated heterocycles. The first kappa shape index (κ1) is 10.5. The summed E-state index contributed by atoms with van der Waals surface area (Å²) in [7, 11) is 0. The average molecular weight is 224 g/mol. The van der Waals surface area contributed by atoms with Crippen molar-refractivity contribution in [2.45, 2.75) is 32.6 Å². The molecule has 1 aliphatic carbocycles. The Kier molecular flexibility index (Phi) is 2.43. The molecular formula is C15H16N2. The van der Waals surface area contributed by atoms with E-state index in [1.54, 1.807) is 0 Å². The fraction of sp³-hybridized carbons (Fsp3) is 0.333. The molecule has 2 nitrogen and oxygen atoms in total. The molecule has 0 fully saturated rings. The lowest BCUT2D eigenvalue weighted by Crippen LogP contribution is -2.08. The number of aryl methyl sites for hydroxylation is 2. The molecule has 1 aliphatic rings. The van der Waals surface area contributed by atoms with E-state index in [-0.39, 0.29) is 0 Å². The van der Waals surface area contributed by atoms with Gasteiger partial charge < -0.3 is 0 Å². The minimum Gasteiger partial charge on any atom is -0.254 e. The molecule has 0 spiro atoms. The van der Waals surface area contributed by atoms with Crippen molar-refractivity contribution in [1.29, 1.82) is 0 Å². The van der Waals surface area contributed by atoms with Crippen LogP contribution in [0, 0.1) is 0 Å². The molecule has 0 radical (unpaired) electrons. The van der Waals surface area contributed by atoms with E-state index >= 15 is 0 Å². The number of hydrogen-bond donors (Lipinski definition) is 0. The van der Waals surface area contributed by atoms with Gasteiger partial charge in [-0.05, 0) is 42.0 Å². The number of aromatic nitrogens is 2. The number of pyridine rings is 2. The monoisotopic (exact) mass is 224 g/mol. The second-order valence-corrected chi connectivity index (χ2v) is 4.91. The highest BCUT2D eigenvalue weighted by Crippen LogP contribution is 2.31. The van der Waals surface area contributed by atoms with Crippen LogP contribution in [0.4, 0.5) is 0 Å². The van der Waals surface area contributed by atoms with Crippen molar-refractivity contribution < 1.29 is 0 Å². The van der Waals surface area contributed by atoms with E-state index in [0.717, 1.165) is 29.9 Å². The van der Waals surface area contributed by atoms with E-state index in [1.165, 1.54) is 11.1 Å². The SMILES string of the molecule is CC(C)c1ccc2c(n1)-c1ncccc1CC2. The van der Waals surface area contributed by atoms with E-state index < -0.39 is 0 Å². The first-order valence-corrected chi connectivity index (χ1v) is 6.20. The van der Waals surface area contributed by atoms with Crippen LogP contribution in [-0.4, -0.2) is 9.97 Å². The van der Waals surface area contributed by atoms with Crippen LogP contribution in [0.25, 0.3) is 11.4 Å². The number of fused-ring (bicyclic) bond motifs is 3. The molecule has 0 unspecified atom stereocenters. The molecule has 0 N–H and O–H groups in total. The maximum absolute atomic E-state index is 4.79. The molecule has 17 heavy (non-hydrogen) atoms. The zero-order valence-corrected chi connectivity index (χ0v) is 10.3. The molecule has 2 heterocycles. The second-order valence-electron chi connectivity index (χ2n) is 4.91. The molecule has 86 valence electrons. The maximum Gasteiger partial charge on any atom is 0.0924 e. The van der Waals surface area contributed by atoms with Crippen molar-refractivity contribution in [2.24, 2.45) is 0 Å². The van der Waals surface area contributed by atoms with Crippen molar-refractivity contribution in [1.82, 2.24) is 9.97 Å². The standard InChI is InChI=1S/C15H16N2/c1-10(2)13-8-7-12-6-5-11-4-3-9-16-14(11)15(12)17-13/h3-4,7-10H,5-6H2,1-2H3. The molecular weight excluding hydrogens is 208 g/mol. The van der Waals surface area contributed by atoms with Crippen LogP contribution in [0.15, 0.2) is 30.5 Å². The zero-order valence-electron chi connectivity index (χ0n) is 10.3. The average Bonchev–Trinajstić information content (AvgIpc) is 2.38. The minimum atomic E-state index is 0.467. The molecule has 0 atom stereocenters. The van der Waals surface area contributed by atoms with Crippen LogP contribution in [0.3, 0.4) is 0 Å². The minimum absolute atomic E-state index is 0.467. The predicted molar refractivity (Wildman–Crippen MR) is 69.0 cm³/mol. The molecule has 3 rings (SSSR count). The van der Waals surface area contributed by atoms with Crippen LogP contribution in [0.1, 0.15) is 36.6 Å². The molecule has 0 amide bonds. The lowest BCUT2D eigenvalue weighted by molar-refractivity contribution is 0.811. The van der Waals surface area contributed by atoms with E-state index in [4.69, 9.17) is 4.98 Å². The van der Waals surface area contributed by atoms with Gasteiger partial charge >= 0.3 is 0 Å². The summed E-state index contributed by atoms with van der Waals surface area (Å²) in [4.78, 5) is 9.29. The maximum atomic E-state index is 4.79. The molecule has 2 aromatic heterocycles. The summed E-state index contributed by atoms with van der Waals surface area (Å²) < 4.78 is 0. The van der Waals surface area contributed by atoms with Gasteiger partial charge in [-0.2, -0.15) is 0 Å². The highest BCUT2D eigenvalue weighted by atomic mass is 14.8. The quantitative estimate of drug-likeness (QED) is 0.742. The van der Waals surface area contributed by atoms with Crippen LogP contribution < -0.4 is 0 Å². The van der Waals surface area contributed by atoms with E-state index in [1.807, 2.05) is 12.3 Å². The highest BCUT2D eigenvalue weighted by Gasteiger charge is 2.18. The van der Waals surface area contributed by atoms with E-state index in [2.05, 4.69) is 37.0 Å². The Morgan fingerprint density at radius 1 is 1.00 bits per heavy atom. The fourth-order valence-electron chi connectivity index (χ4n) is 2.35.